The maximum absolute atomic E-state index is 13.1. The van der Waals surface area contributed by atoms with Gasteiger partial charge in [-0.3, -0.25) is 4.79 Å². The lowest BCUT2D eigenvalue weighted by Crippen LogP contribution is -2.17. The second-order valence-electron chi connectivity index (χ2n) is 6.87. The van der Waals surface area contributed by atoms with Crippen LogP contribution in [0, 0.1) is 0 Å². The largest absolute Gasteiger partial charge is 0.497 e. The number of para-hydroxylation sites is 1. The normalized spacial score (nSPS) is 12.0. The first-order valence-corrected chi connectivity index (χ1v) is 9.45. The summed E-state index contributed by atoms with van der Waals surface area (Å²) in [5.41, 5.74) is 2.24. The highest BCUT2D eigenvalue weighted by Gasteiger charge is 2.26. The summed E-state index contributed by atoms with van der Waals surface area (Å²) in [7, 11) is 2.93. The first-order valence-electron chi connectivity index (χ1n) is 9.45. The van der Waals surface area contributed by atoms with Gasteiger partial charge in [-0.25, -0.2) is 4.79 Å². The summed E-state index contributed by atoms with van der Waals surface area (Å²) in [6, 6.07) is 16.6. The molecule has 2 aliphatic rings. The fraction of sp³-hybridized carbons (Fsp3) is 0.174. The summed E-state index contributed by atoms with van der Waals surface area (Å²) < 4.78 is 13.3. The van der Waals surface area contributed by atoms with Gasteiger partial charge in [-0.15, -0.1) is 0 Å². The Bertz CT molecular complexity index is 1210. The summed E-state index contributed by atoms with van der Waals surface area (Å²) >= 11 is 0. The van der Waals surface area contributed by atoms with Crippen molar-refractivity contribution in [3.05, 3.63) is 88.5 Å². The average Bonchev–Trinajstić information content (AvgIpc) is 3.14. The van der Waals surface area contributed by atoms with Gasteiger partial charge < -0.3 is 14.0 Å². The molecular formula is C23H21N3O4. The minimum absolute atomic E-state index is 0.136. The molecule has 0 bridgehead atoms. The lowest BCUT2D eigenvalue weighted by molar-refractivity contribution is 0.0600. The zero-order chi connectivity index (χ0) is 21.3. The number of rotatable bonds is 5. The Morgan fingerprint density at radius 2 is 1.70 bits per heavy atom. The van der Waals surface area contributed by atoms with Crippen LogP contribution >= 0.6 is 0 Å². The molecule has 7 nitrogen and oxygen atoms in total. The Hall–Kier alpha value is -3.87. The van der Waals surface area contributed by atoms with Crippen molar-refractivity contribution < 1.29 is 14.3 Å². The topological polar surface area (TPSA) is 75.3 Å². The number of aromatic nitrogens is 3. The minimum Gasteiger partial charge on any atom is -0.497 e. The van der Waals surface area contributed by atoms with Crippen molar-refractivity contribution in [2.24, 2.45) is 0 Å². The number of benzene rings is 2. The number of esters is 1. The molecule has 0 saturated heterocycles. The van der Waals surface area contributed by atoms with Gasteiger partial charge in [0.15, 0.2) is 0 Å². The van der Waals surface area contributed by atoms with Crippen molar-refractivity contribution in [2.45, 2.75) is 13.0 Å². The lowest BCUT2D eigenvalue weighted by atomic mass is 10.1. The van der Waals surface area contributed by atoms with Gasteiger partial charge in [-0.2, -0.15) is 9.78 Å². The van der Waals surface area contributed by atoms with E-state index in [1.165, 1.54) is 11.8 Å². The Morgan fingerprint density at radius 3 is 2.33 bits per heavy atom. The molecule has 0 aliphatic carbocycles. The molecule has 0 spiro atoms. The zero-order valence-electron chi connectivity index (χ0n) is 16.9. The minimum atomic E-state index is -0.547. The third-order valence-corrected chi connectivity index (χ3v) is 5.14. The van der Waals surface area contributed by atoms with Crippen molar-refractivity contribution in [1.29, 1.82) is 0 Å². The van der Waals surface area contributed by atoms with Gasteiger partial charge in [0.2, 0.25) is 0 Å². The van der Waals surface area contributed by atoms with Crippen LogP contribution in [0.1, 0.15) is 28.9 Å². The van der Waals surface area contributed by atoms with Crippen molar-refractivity contribution >= 4 is 5.97 Å². The summed E-state index contributed by atoms with van der Waals surface area (Å²) in [6.45, 7) is 1.99. The van der Waals surface area contributed by atoms with Gasteiger partial charge >= 0.3 is 5.97 Å². The highest BCUT2D eigenvalue weighted by atomic mass is 16.5. The second kappa shape index (κ2) is 7.87. The van der Waals surface area contributed by atoms with Crippen molar-refractivity contribution in [1.82, 2.24) is 14.3 Å². The van der Waals surface area contributed by atoms with Crippen LogP contribution in [-0.4, -0.2) is 34.5 Å². The number of pyridine rings is 1. The number of hydrogen-bond donors (Lipinski definition) is 0. The van der Waals surface area contributed by atoms with Crippen molar-refractivity contribution in [3.63, 3.8) is 0 Å². The molecule has 30 heavy (non-hydrogen) atoms. The van der Waals surface area contributed by atoms with E-state index in [0.29, 0.717) is 16.9 Å². The summed E-state index contributed by atoms with van der Waals surface area (Å²) in [5.74, 6) is 0.210. The lowest BCUT2D eigenvalue weighted by Gasteiger charge is -2.19. The number of hydrogen-bond acceptors (Lipinski definition) is 5. The molecule has 4 rings (SSSR count). The Morgan fingerprint density at radius 1 is 1.00 bits per heavy atom. The van der Waals surface area contributed by atoms with E-state index in [-0.39, 0.29) is 17.2 Å². The predicted octanol–water partition coefficient (Wildman–Crippen LogP) is 3.54. The molecule has 1 unspecified atom stereocenters. The molecule has 2 aliphatic heterocycles. The fourth-order valence-electron chi connectivity index (χ4n) is 3.41. The monoisotopic (exact) mass is 403 g/mol. The molecule has 7 heteroatoms. The molecule has 0 N–H and O–H groups in total. The first kappa shape index (κ1) is 19.4. The number of fused-ring (bicyclic) bond motifs is 1. The van der Waals surface area contributed by atoms with Gasteiger partial charge in [0.1, 0.15) is 17.0 Å². The zero-order valence-corrected chi connectivity index (χ0v) is 16.9. The molecule has 2 aromatic carbocycles. The van der Waals surface area contributed by atoms with Gasteiger partial charge in [0.05, 0.1) is 31.5 Å². The third-order valence-electron chi connectivity index (χ3n) is 5.14. The first-order chi connectivity index (χ1) is 14.5. The van der Waals surface area contributed by atoms with E-state index < -0.39 is 5.97 Å². The van der Waals surface area contributed by atoms with Crippen LogP contribution in [0.3, 0.4) is 0 Å². The number of carbonyl (C=O) groups excluding carboxylic acids is 1. The average molecular weight is 403 g/mol. The number of ether oxygens (including phenoxy) is 2. The van der Waals surface area contributed by atoms with Gasteiger partial charge in [-0.1, -0.05) is 30.3 Å². The van der Waals surface area contributed by atoms with Crippen LogP contribution in [0.25, 0.3) is 16.9 Å². The fourth-order valence-corrected chi connectivity index (χ4v) is 3.41. The summed E-state index contributed by atoms with van der Waals surface area (Å²) in [5, 5.41) is 4.42. The molecular weight excluding hydrogens is 382 g/mol. The SMILES string of the molecule is COC(=O)c1cn(C(C)c2ccc(OC)cc2)cc2c(=O)n(-c3ccccc3)nc1-2. The van der Waals surface area contributed by atoms with E-state index >= 15 is 0 Å². The van der Waals surface area contributed by atoms with E-state index in [0.717, 1.165) is 11.3 Å². The van der Waals surface area contributed by atoms with E-state index in [4.69, 9.17) is 9.47 Å². The molecule has 0 amide bonds. The third kappa shape index (κ3) is 3.34. The second-order valence-corrected chi connectivity index (χ2v) is 6.87. The molecule has 0 radical (unpaired) electrons. The Kier molecular flexibility index (Phi) is 5.10. The number of carbonyl (C=O) groups is 1. The molecule has 2 heterocycles. The van der Waals surface area contributed by atoms with Crippen LogP contribution < -0.4 is 10.3 Å². The molecule has 1 atom stereocenters. The predicted molar refractivity (Wildman–Crippen MR) is 113 cm³/mol. The highest BCUT2D eigenvalue weighted by Crippen LogP contribution is 2.27. The Labute approximate surface area is 173 Å². The Balaban J connectivity index is 1.89. The standard InChI is InChI=1S/C23H21N3O4/c1-15(16-9-11-18(29-2)12-10-16)25-13-19-21(20(14-25)23(28)30-3)24-26(22(19)27)17-7-5-4-6-8-17/h4-15H,1-3H3. The van der Waals surface area contributed by atoms with E-state index in [2.05, 4.69) is 5.10 Å². The maximum atomic E-state index is 13.1. The van der Waals surface area contributed by atoms with Gasteiger partial charge in [0, 0.05) is 12.4 Å². The van der Waals surface area contributed by atoms with E-state index in [1.54, 1.807) is 31.6 Å². The van der Waals surface area contributed by atoms with Crippen LogP contribution in [0.5, 0.6) is 5.75 Å². The van der Waals surface area contributed by atoms with Gasteiger partial charge in [0.25, 0.3) is 5.56 Å². The van der Waals surface area contributed by atoms with Crippen LogP contribution in [0.15, 0.2) is 71.8 Å². The molecule has 0 fully saturated rings. The van der Waals surface area contributed by atoms with E-state index in [1.807, 2.05) is 54.0 Å². The van der Waals surface area contributed by atoms with Crippen LogP contribution in [0.2, 0.25) is 0 Å². The molecule has 0 aromatic heterocycles. The number of methoxy groups -OCH3 is 2. The van der Waals surface area contributed by atoms with E-state index in [9.17, 15) is 9.59 Å². The van der Waals surface area contributed by atoms with Crippen LogP contribution in [0.4, 0.5) is 0 Å². The van der Waals surface area contributed by atoms with Crippen molar-refractivity contribution in [2.75, 3.05) is 14.2 Å². The van der Waals surface area contributed by atoms with Crippen molar-refractivity contribution in [3.8, 4) is 22.7 Å². The summed E-state index contributed by atoms with van der Waals surface area (Å²) in [6.07, 6.45) is 3.40. The molecule has 2 aromatic rings. The smallest absolute Gasteiger partial charge is 0.341 e. The highest BCUT2D eigenvalue weighted by molar-refractivity contribution is 5.96. The number of nitrogens with zero attached hydrogens (tertiary/aromatic N) is 3. The molecule has 152 valence electrons. The molecule has 0 saturated carbocycles. The maximum Gasteiger partial charge on any atom is 0.341 e. The van der Waals surface area contributed by atoms with Gasteiger partial charge in [-0.05, 0) is 36.8 Å². The van der Waals surface area contributed by atoms with Crippen LogP contribution in [-0.2, 0) is 4.74 Å². The summed E-state index contributed by atoms with van der Waals surface area (Å²) in [4.78, 5) is 25.6. The quantitative estimate of drug-likeness (QED) is 0.477.